The Balaban J connectivity index is 2.12. The predicted octanol–water partition coefficient (Wildman–Crippen LogP) is 2.25. The smallest absolute Gasteiger partial charge is 0.0720 e. The summed E-state index contributed by atoms with van der Waals surface area (Å²) < 4.78 is 12.1. The second kappa shape index (κ2) is 3.05. The fraction of sp³-hybridized carbons (Fsp3) is 0.455. The number of ether oxygens (including phenoxy) is 2. The van der Waals surface area contributed by atoms with Crippen molar-refractivity contribution in [2.75, 3.05) is 19.8 Å². The number of halogens is 1. The topological polar surface area (TPSA) is 18.5 Å². The highest BCUT2D eigenvalue weighted by Gasteiger charge is 2.44. The molecule has 0 atom stereocenters. The van der Waals surface area contributed by atoms with Crippen molar-refractivity contribution in [1.29, 1.82) is 0 Å². The molecule has 0 bridgehead atoms. The van der Waals surface area contributed by atoms with E-state index in [-0.39, 0.29) is 5.41 Å². The highest BCUT2D eigenvalue weighted by molar-refractivity contribution is 9.10. The van der Waals surface area contributed by atoms with Crippen LogP contribution in [0.25, 0.3) is 0 Å². The second-order valence-corrected chi connectivity index (χ2v) is 4.98. The van der Waals surface area contributed by atoms with E-state index in [4.69, 9.17) is 9.47 Å². The van der Waals surface area contributed by atoms with Gasteiger partial charge in [-0.15, -0.1) is 0 Å². The monoisotopic (exact) mass is 254 g/mol. The first-order valence-corrected chi connectivity index (χ1v) is 5.54. The lowest BCUT2D eigenvalue weighted by atomic mass is 9.76. The Hall–Kier alpha value is -0.380. The van der Waals surface area contributed by atoms with Crippen LogP contribution in [0.15, 0.2) is 22.7 Å². The number of fused-ring (bicyclic) bond motifs is 2. The summed E-state index contributed by atoms with van der Waals surface area (Å²) in [6, 6.07) is 6.42. The van der Waals surface area contributed by atoms with E-state index in [1.807, 2.05) is 0 Å². The molecule has 0 N–H and O–H groups in total. The van der Waals surface area contributed by atoms with Crippen molar-refractivity contribution in [3.05, 3.63) is 33.8 Å². The zero-order chi connectivity index (χ0) is 9.60. The summed E-state index contributed by atoms with van der Waals surface area (Å²) in [5, 5.41) is 0. The van der Waals surface area contributed by atoms with Gasteiger partial charge in [0.25, 0.3) is 0 Å². The van der Waals surface area contributed by atoms with Gasteiger partial charge in [0.2, 0.25) is 0 Å². The molecule has 0 radical (unpaired) electrons. The van der Waals surface area contributed by atoms with E-state index in [1.54, 1.807) is 0 Å². The molecular formula is C11H11BrO2. The van der Waals surface area contributed by atoms with E-state index >= 15 is 0 Å². The largest absolute Gasteiger partial charge is 0.379 e. The van der Waals surface area contributed by atoms with Crippen LogP contribution in [0.2, 0.25) is 0 Å². The van der Waals surface area contributed by atoms with Crippen molar-refractivity contribution >= 4 is 15.9 Å². The van der Waals surface area contributed by atoms with Crippen LogP contribution < -0.4 is 0 Å². The van der Waals surface area contributed by atoms with Gasteiger partial charge in [-0.3, -0.25) is 0 Å². The Kier molecular flexibility index (Phi) is 1.94. The predicted molar refractivity (Wildman–Crippen MR) is 56.3 cm³/mol. The summed E-state index contributed by atoms with van der Waals surface area (Å²) >= 11 is 3.51. The van der Waals surface area contributed by atoms with E-state index in [1.165, 1.54) is 11.1 Å². The van der Waals surface area contributed by atoms with Crippen molar-refractivity contribution in [1.82, 2.24) is 0 Å². The SMILES string of the molecule is Brc1ccc2c(c1)C1(COC2)COC1. The lowest BCUT2D eigenvalue weighted by Gasteiger charge is -2.45. The fourth-order valence-corrected chi connectivity index (χ4v) is 2.55. The molecule has 0 amide bonds. The molecule has 1 saturated heterocycles. The molecule has 1 aromatic carbocycles. The fourth-order valence-electron chi connectivity index (χ4n) is 2.19. The molecule has 1 fully saturated rings. The molecule has 2 aliphatic heterocycles. The summed E-state index contributed by atoms with van der Waals surface area (Å²) in [6.45, 7) is 3.15. The van der Waals surface area contributed by atoms with Gasteiger partial charge in [0.15, 0.2) is 0 Å². The molecule has 0 aliphatic carbocycles. The van der Waals surface area contributed by atoms with Gasteiger partial charge in [0.05, 0.1) is 31.8 Å². The first-order chi connectivity index (χ1) is 6.80. The van der Waals surface area contributed by atoms with Crippen molar-refractivity contribution in [3.8, 4) is 0 Å². The molecule has 2 aliphatic rings. The average molecular weight is 255 g/mol. The van der Waals surface area contributed by atoms with Crippen LogP contribution in [0.3, 0.4) is 0 Å². The Morgan fingerprint density at radius 3 is 2.64 bits per heavy atom. The standard InChI is InChI=1S/C11H11BrO2/c12-9-2-1-8-4-13-5-11(6-14-7-11)10(8)3-9/h1-3H,4-7H2. The van der Waals surface area contributed by atoms with E-state index < -0.39 is 0 Å². The van der Waals surface area contributed by atoms with Gasteiger partial charge in [-0.2, -0.15) is 0 Å². The first kappa shape index (κ1) is 8.89. The summed E-state index contributed by atoms with van der Waals surface area (Å²) in [5.41, 5.74) is 2.87. The highest BCUT2D eigenvalue weighted by atomic mass is 79.9. The Morgan fingerprint density at radius 1 is 1.14 bits per heavy atom. The Bertz CT molecular complexity index is 372. The first-order valence-electron chi connectivity index (χ1n) is 4.75. The molecular weight excluding hydrogens is 244 g/mol. The summed E-state index contributed by atoms with van der Waals surface area (Å²) in [7, 11) is 0. The normalized spacial score (nSPS) is 22.9. The zero-order valence-corrected chi connectivity index (χ0v) is 9.34. The molecule has 0 unspecified atom stereocenters. The maximum Gasteiger partial charge on any atom is 0.0720 e. The van der Waals surface area contributed by atoms with Crippen LogP contribution in [0.1, 0.15) is 11.1 Å². The molecule has 2 heterocycles. The van der Waals surface area contributed by atoms with Crippen LogP contribution in [0.4, 0.5) is 0 Å². The van der Waals surface area contributed by atoms with Crippen LogP contribution in [0, 0.1) is 0 Å². The molecule has 74 valence electrons. The van der Waals surface area contributed by atoms with Crippen LogP contribution in [-0.2, 0) is 21.5 Å². The molecule has 14 heavy (non-hydrogen) atoms. The molecule has 0 aromatic heterocycles. The van der Waals surface area contributed by atoms with Crippen molar-refractivity contribution in [2.24, 2.45) is 0 Å². The molecule has 2 nitrogen and oxygen atoms in total. The minimum Gasteiger partial charge on any atom is -0.379 e. The average Bonchev–Trinajstić information content (AvgIpc) is 2.14. The van der Waals surface area contributed by atoms with E-state index in [9.17, 15) is 0 Å². The summed E-state index contributed by atoms with van der Waals surface area (Å²) in [6.07, 6.45) is 0. The third kappa shape index (κ3) is 1.16. The molecule has 3 rings (SSSR count). The Labute approximate surface area is 91.3 Å². The number of rotatable bonds is 0. The van der Waals surface area contributed by atoms with Crippen molar-refractivity contribution in [3.63, 3.8) is 0 Å². The van der Waals surface area contributed by atoms with Gasteiger partial charge in [-0.1, -0.05) is 22.0 Å². The van der Waals surface area contributed by atoms with E-state index in [2.05, 4.69) is 34.1 Å². The van der Waals surface area contributed by atoms with Crippen LogP contribution in [-0.4, -0.2) is 19.8 Å². The van der Waals surface area contributed by atoms with E-state index in [0.717, 1.165) is 30.9 Å². The van der Waals surface area contributed by atoms with Gasteiger partial charge in [0.1, 0.15) is 0 Å². The summed E-state index contributed by atoms with van der Waals surface area (Å²) in [4.78, 5) is 0. The van der Waals surface area contributed by atoms with Gasteiger partial charge in [-0.25, -0.2) is 0 Å². The van der Waals surface area contributed by atoms with Gasteiger partial charge in [0, 0.05) is 4.47 Å². The number of hydrogen-bond donors (Lipinski definition) is 0. The minimum atomic E-state index is 0.150. The molecule has 1 spiro atoms. The third-order valence-corrected chi connectivity index (χ3v) is 3.53. The third-order valence-electron chi connectivity index (χ3n) is 3.04. The lowest BCUT2D eigenvalue weighted by Crippen LogP contribution is -2.52. The quantitative estimate of drug-likeness (QED) is 0.707. The summed E-state index contributed by atoms with van der Waals surface area (Å²) in [5.74, 6) is 0. The number of hydrogen-bond acceptors (Lipinski definition) is 2. The molecule has 1 aromatic rings. The highest BCUT2D eigenvalue weighted by Crippen LogP contribution is 2.39. The van der Waals surface area contributed by atoms with Gasteiger partial charge >= 0.3 is 0 Å². The maximum absolute atomic E-state index is 5.60. The molecule has 0 saturated carbocycles. The van der Waals surface area contributed by atoms with Crippen LogP contribution in [0.5, 0.6) is 0 Å². The number of benzene rings is 1. The van der Waals surface area contributed by atoms with Gasteiger partial charge in [-0.05, 0) is 23.3 Å². The second-order valence-electron chi connectivity index (χ2n) is 4.07. The zero-order valence-electron chi connectivity index (χ0n) is 7.75. The lowest BCUT2D eigenvalue weighted by molar-refractivity contribution is -0.111. The Morgan fingerprint density at radius 2 is 1.93 bits per heavy atom. The molecule has 3 heteroatoms. The minimum absolute atomic E-state index is 0.150. The maximum atomic E-state index is 5.60. The van der Waals surface area contributed by atoms with Crippen molar-refractivity contribution in [2.45, 2.75) is 12.0 Å². The van der Waals surface area contributed by atoms with Crippen molar-refractivity contribution < 1.29 is 9.47 Å². The van der Waals surface area contributed by atoms with Gasteiger partial charge < -0.3 is 9.47 Å². The van der Waals surface area contributed by atoms with E-state index in [0.29, 0.717) is 0 Å². The van der Waals surface area contributed by atoms with Crippen LogP contribution >= 0.6 is 15.9 Å².